The van der Waals surface area contributed by atoms with Crippen LogP contribution in [0.1, 0.15) is 32.8 Å². The Morgan fingerprint density at radius 3 is 2.58 bits per heavy atom. The second kappa shape index (κ2) is 7.14. The molecule has 0 fully saturated rings. The predicted molar refractivity (Wildman–Crippen MR) is 78.4 cm³/mol. The number of carbonyl (C=O) groups excluding carboxylic acids is 1. The number of hydrogen-bond donors (Lipinski definition) is 2. The molecule has 1 aromatic rings. The van der Waals surface area contributed by atoms with Crippen molar-refractivity contribution < 1.29 is 9.53 Å². The maximum atomic E-state index is 11.5. The van der Waals surface area contributed by atoms with Crippen LogP contribution < -0.4 is 15.8 Å². The lowest BCUT2D eigenvalue weighted by Crippen LogP contribution is -2.32. The fourth-order valence-corrected chi connectivity index (χ4v) is 1.53. The van der Waals surface area contributed by atoms with Crippen LogP contribution in [0.5, 0.6) is 5.75 Å². The molecule has 0 saturated carbocycles. The Morgan fingerprint density at radius 1 is 1.37 bits per heavy atom. The Bertz CT molecular complexity index is 428. The number of amides is 1. The van der Waals surface area contributed by atoms with Gasteiger partial charge >= 0.3 is 0 Å². The number of nitrogens with one attached hydrogen (secondary N) is 1. The molecule has 0 bridgehead atoms. The Morgan fingerprint density at radius 2 is 2.05 bits per heavy atom. The molecule has 0 saturated heterocycles. The van der Waals surface area contributed by atoms with Crippen molar-refractivity contribution >= 4 is 11.6 Å². The summed E-state index contributed by atoms with van der Waals surface area (Å²) in [5.41, 5.74) is 7.27. The van der Waals surface area contributed by atoms with Crippen molar-refractivity contribution in [2.45, 2.75) is 40.2 Å². The molecule has 4 heteroatoms. The molecule has 0 aliphatic carbocycles. The predicted octanol–water partition coefficient (Wildman–Crippen LogP) is 2.71. The lowest BCUT2D eigenvalue weighted by Gasteiger charge is -2.13. The summed E-state index contributed by atoms with van der Waals surface area (Å²) in [6.07, 6.45) is 1.03. The van der Waals surface area contributed by atoms with Gasteiger partial charge in [-0.05, 0) is 49.9 Å². The quantitative estimate of drug-likeness (QED) is 0.830. The minimum atomic E-state index is -0.513. The van der Waals surface area contributed by atoms with Crippen molar-refractivity contribution in [2.24, 2.45) is 11.7 Å². The van der Waals surface area contributed by atoms with Gasteiger partial charge in [-0.25, -0.2) is 0 Å². The van der Waals surface area contributed by atoms with Crippen LogP contribution in [0.15, 0.2) is 18.2 Å². The second-order valence-corrected chi connectivity index (χ2v) is 5.29. The van der Waals surface area contributed by atoms with E-state index >= 15 is 0 Å². The van der Waals surface area contributed by atoms with Crippen LogP contribution in [0.3, 0.4) is 0 Å². The number of aryl methyl sites for hydroxylation is 1. The zero-order chi connectivity index (χ0) is 14.4. The Kier molecular flexibility index (Phi) is 5.83. The van der Waals surface area contributed by atoms with Gasteiger partial charge in [-0.3, -0.25) is 4.79 Å². The number of carbonyl (C=O) groups is 1. The molecule has 0 heterocycles. The molecule has 1 aromatic carbocycles. The monoisotopic (exact) mass is 264 g/mol. The largest absolute Gasteiger partial charge is 0.494 e. The SMILES string of the molecule is Cc1cc(OCCC(C)C)ccc1NC(=O)C(C)N. The molecule has 0 aliphatic rings. The number of rotatable bonds is 6. The Labute approximate surface area is 115 Å². The zero-order valence-electron chi connectivity index (χ0n) is 12.2. The zero-order valence-corrected chi connectivity index (χ0v) is 12.2. The summed E-state index contributed by atoms with van der Waals surface area (Å²) in [5, 5.41) is 2.79. The first-order valence-electron chi connectivity index (χ1n) is 6.70. The molecule has 1 unspecified atom stereocenters. The molecule has 1 rings (SSSR count). The molecule has 1 atom stereocenters. The first kappa shape index (κ1) is 15.5. The van der Waals surface area contributed by atoms with Crippen molar-refractivity contribution in [1.29, 1.82) is 0 Å². The molecule has 1 amide bonds. The van der Waals surface area contributed by atoms with E-state index in [4.69, 9.17) is 10.5 Å². The fraction of sp³-hybridized carbons (Fsp3) is 0.533. The van der Waals surface area contributed by atoms with E-state index in [0.717, 1.165) is 23.4 Å². The third-order valence-electron chi connectivity index (χ3n) is 2.83. The third kappa shape index (κ3) is 5.30. The molecule has 19 heavy (non-hydrogen) atoms. The lowest BCUT2D eigenvalue weighted by molar-refractivity contribution is -0.117. The average molecular weight is 264 g/mol. The summed E-state index contributed by atoms with van der Waals surface area (Å²) in [7, 11) is 0. The van der Waals surface area contributed by atoms with Crippen LogP contribution in [0.4, 0.5) is 5.69 Å². The highest BCUT2D eigenvalue weighted by atomic mass is 16.5. The van der Waals surface area contributed by atoms with Gasteiger partial charge in [-0.1, -0.05) is 13.8 Å². The van der Waals surface area contributed by atoms with E-state index in [1.807, 2.05) is 25.1 Å². The molecule has 4 nitrogen and oxygen atoms in total. The van der Waals surface area contributed by atoms with Gasteiger partial charge < -0.3 is 15.8 Å². The Hall–Kier alpha value is -1.55. The molecule has 0 spiro atoms. The number of nitrogens with two attached hydrogens (primary N) is 1. The topological polar surface area (TPSA) is 64.3 Å². The first-order chi connectivity index (χ1) is 8.90. The molecular weight excluding hydrogens is 240 g/mol. The number of hydrogen-bond acceptors (Lipinski definition) is 3. The minimum absolute atomic E-state index is 0.184. The smallest absolute Gasteiger partial charge is 0.241 e. The maximum Gasteiger partial charge on any atom is 0.241 e. The lowest BCUT2D eigenvalue weighted by atomic mass is 10.1. The van der Waals surface area contributed by atoms with Gasteiger partial charge in [0.25, 0.3) is 0 Å². The Balaban J connectivity index is 2.61. The summed E-state index contributed by atoms with van der Waals surface area (Å²) in [5.74, 6) is 1.28. The van der Waals surface area contributed by atoms with Crippen LogP contribution in [0.2, 0.25) is 0 Å². The molecule has 106 valence electrons. The number of ether oxygens (including phenoxy) is 1. The molecule has 0 aliphatic heterocycles. The molecule has 0 radical (unpaired) electrons. The summed E-state index contributed by atoms with van der Waals surface area (Å²) >= 11 is 0. The van der Waals surface area contributed by atoms with Gasteiger partial charge in [0.2, 0.25) is 5.91 Å². The highest BCUT2D eigenvalue weighted by molar-refractivity contribution is 5.95. The molecular formula is C15H24N2O2. The highest BCUT2D eigenvalue weighted by Gasteiger charge is 2.09. The van der Waals surface area contributed by atoms with Crippen molar-refractivity contribution in [2.75, 3.05) is 11.9 Å². The summed E-state index contributed by atoms with van der Waals surface area (Å²) in [4.78, 5) is 11.5. The summed E-state index contributed by atoms with van der Waals surface area (Å²) in [6.45, 7) is 8.64. The van der Waals surface area contributed by atoms with Crippen molar-refractivity contribution in [1.82, 2.24) is 0 Å². The first-order valence-corrected chi connectivity index (χ1v) is 6.70. The van der Waals surface area contributed by atoms with E-state index in [1.54, 1.807) is 6.92 Å². The van der Waals surface area contributed by atoms with E-state index in [-0.39, 0.29) is 5.91 Å². The van der Waals surface area contributed by atoms with Gasteiger partial charge in [-0.2, -0.15) is 0 Å². The normalized spacial score (nSPS) is 12.3. The van der Waals surface area contributed by atoms with Gasteiger partial charge in [-0.15, -0.1) is 0 Å². The van der Waals surface area contributed by atoms with Gasteiger partial charge in [0, 0.05) is 5.69 Å². The van der Waals surface area contributed by atoms with Gasteiger partial charge in [0.15, 0.2) is 0 Å². The van der Waals surface area contributed by atoms with Crippen molar-refractivity contribution in [3.63, 3.8) is 0 Å². The summed E-state index contributed by atoms with van der Waals surface area (Å²) in [6, 6.07) is 5.13. The third-order valence-corrected chi connectivity index (χ3v) is 2.83. The average Bonchev–Trinajstić information content (AvgIpc) is 2.31. The maximum absolute atomic E-state index is 11.5. The number of anilines is 1. The minimum Gasteiger partial charge on any atom is -0.494 e. The molecule has 3 N–H and O–H groups in total. The van der Waals surface area contributed by atoms with E-state index < -0.39 is 6.04 Å². The van der Waals surface area contributed by atoms with E-state index in [2.05, 4.69) is 19.2 Å². The second-order valence-electron chi connectivity index (χ2n) is 5.29. The molecule has 0 aromatic heterocycles. The van der Waals surface area contributed by atoms with Gasteiger partial charge in [0.1, 0.15) is 5.75 Å². The van der Waals surface area contributed by atoms with E-state index in [0.29, 0.717) is 12.5 Å². The van der Waals surface area contributed by atoms with Crippen LogP contribution in [0.25, 0.3) is 0 Å². The van der Waals surface area contributed by atoms with Crippen LogP contribution in [-0.2, 0) is 4.79 Å². The van der Waals surface area contributed by atoms with E-state index in [9.17, 15) is 4.79 Å². The number of benzene rings is 1. The van der Waals surface area contributed by atoms with Gasteiger partial charge in [0.05, 0.1) is 12.6 Å². The van der Waals surface area contributed by atoms with Crippen LogP contribution >= 0.6 is 0 Å². The summed E-state index contributed by atoms with van der Waals surface area (Å²) < 4.78 is 5.67. The van der Waals surface area contributed by atoms with E-state index in [1.165, 1.54) is 0 Å². The fourth-order valence-electron chi connectivity index (χ4n) is 1.53. The van der Waals surface area contributed by atoms with Crippen LogP contribution in [-0.4, -0.2) is 18.6 Å². The van der Waals surface area contributed by atoms with Crippen molar-refractivity contribution in [3.05, 3.63) is 23.8 Å². The standard InChI is InChI=1S/C15H24N2O2/c1-10(2)7-8-19-13-5-6-14(11(3)9-13)17-15(18)12(4)16/h5-6,9-10,12H,7-8,16H2,1-4H3,(H,17,18). The van der Waals surface area contributed by atoms with Crippen molar-refractivity contribution in [3.8, 4) is 5.75 Å². The van der Waals surface area contributed by atoms with Crippen LogP contribution in [0, 0.1) is 12.8 Å². The highest BCUT2D eigenvalue weighted by Crippen LogP contribution is 2.21.